The molecular weight excluding hydrogens is 419 g/mol. The zero-order chi connectivity index (χ0) is 22.0. The molecule has 6 nitrogen and oxygen atoms in total. The standard InChI is InChI=1S/C23H21FN2O4S/c1-31(28,29)26-12-11-17-13-18(7-10-22(17)26)23(27)25-20-3-2-4-21(14-20)30-15-16-5-8-19(24)9-6-16/h2-10,13-14H,11-12,15H2,1H3,(H,25,27). The van der Waals surface area contributed by atoms with E-state index in [-0.39, 0.29) is 18.3 Å². The van der Waals surface area contributed by atoms with Crippen molar-refractivity contribution in [3.05, 3.63) is 89.2 Å². The number of anilines is 2. The van der Waals surface area contributed by atoms with Crippen molar-refractivity contribution >= 4 is 27.3 Å². The Hall–Kier alpha value is -3.39. The molecule has 0 unspecified atom stereocenters. The lowest BCUT2D eigenvalue weighted by molar-refractivity contribution is 0.102. The third kappa shape index (κ3) is 4.86. The van der Waals surface area contributed by atoms with Crippen molar-refractivity contribution in [2.24, 2.45) is 0 Å². The number of hydrogen-bond acceptors (Lipinski definition) is 4. The summed E-state index contributed by atoms with van der Waals surface area (Å²) in [6.45, 7) is 0.659. The number of amides is 1. The first-order valence-corrected chi connectivity index (χ1v) is 11.5. The normalized spacial score (nSPS) is 13.0. The van der Waals surface area contributed by atoms with Crippen LogP contribution < -0.4 is 14.4 Å². The highest BCUT2D eigenvalue weighted by Gasteiger charge is 2.26. The Morgan fingerprint density at radius 3 is 2.61 bits per heavy atom. The maximum absolute atomic E-state index is 13.0. The number of carbonyl (C=O) groups excluding carboxylic acids is 1. The van der Waals surface area contributed by atoms with Gasteiger partial charge in [0, 0.05) is 23.9 Å². The van der Waals surface area contributed by atoms with Crippen LogP contribution >= 0.6 is 0 Å². The van der Waals surface area contributed by atoms with E-state index in [1.807, 2.05) is 0 Å². The number of nitrogens with one attached hydrogen (secondary N) is 1. The quantitative estimate of drug-likeness (QED) is 0.629. The van der Waals surface area contributed by atoms with Gasteiger partial charge < -0.3 is 10.1 Å². The lowest BCUT2D eigenvalue weighted by Gasteiger charge is -2.16. The first kappa shape index (κ1) is 20.9. The van der Waals surface area contributed by atoms with Crippen molar-refractivity contribution in [3.8, 4) is 5.75 Å². The molecule has 0 aliphatic carbocycles. The molecule has 8 heteroatoms. The summed E-state index contributed by atoms with van der Waals surface area (Å²) in [6.07, 6.45) is 1.74. The molecule has 0 atom stereocenters. The monoisotopic (exact) mass is 440 g/mol. The van der Waals surface area contributed by atoms with Crippen molar-refractivity contribution < 1.29 is 22.3 Å². The van der Waals surface area contributed by atoms with E-state index in [1.54, 1.807) is 54.6 Å². The fourth-order valence-electron chi connectivity index (χ4n) is 3.47. The predicted octanol–water partition coefficient (Wildman–Crippen LogP) is 3.98. The Balaban J connectivity index is 1.43. The molecule has 1 amide bonds. The first-order valence-electron chi connectivity index (χ1n) is 9.69. The van der Waals surface area contributed by atoms with E-state index < -0.39 is 10.0 Å². The van der Waals surface area contributed by atoms with Crippen LogP contribution in [0.5, 0.6) is 5.75 Å². The van der Waals surface area contributed by atoms with E-state index in [9.17, 15) is 17.6 Å². The molecule has 0 saturated heterocycles. The molecule has 1 aliphatic rings. The third-order valence-corrected chi connectivity index (χ3v) is 6.19. The van der Waals surface area contributed by atoms with Crippen LogP contribution in [0.2, 0.25) is 0 Å². The van der Waals surface area contributed by atoms with E-state index in [0.717, 1.165) is 11.1 Å². The second-order valence-electron chi connectivity index (χ2n) is 7.33. The van der Waals surface area contributed by atoms with Gasteiger partial charge in [-0.15, -0.1) is 0 Å². The number of sulfonamides is 1. The molecule has 3 aromatic rings. The van der Waals surface area contributed by atoms with Crippen molar-refractivity contribution in [2.75, 3.05) is 22.4 Å². The molecule has 0 aromatic heterocycles. The van der Waals surface area contributed by atoms with Crippen molar-refractivity contribution in [1.82, 2.24) is 0 Å². The minimum absolute atomic E-state index is 0.277. The zero-order valence-corrected chi connectivity index (χ0v) is 17.7. The summed E-state index contributed by atoms with van der Waals surface area (Å²) in [6, 6.07) is 18.1. The second-order valence-corrected chi connectivity index (χ2v) is 9.23. The maximum atomic E-state index is 13.0. The number of ether oxygens (including phenoxy) is 1. The van der Waals surface area contributed by atoms with Crippen LogP contribution in [0.3, 0.4) is 0 Å². The van der Waals surface area contributed by atoms with E-state index >= 15 is 0 Å². The third-order valence-electron chi connectivity index (χ3n) is 5.01. The Labute approximate surface area is 180 Å². The number of halogens is 1. The summed E-state index contributed by atoms with van der Waals surface area (Å²) in [7, 11) is -3.33. The summed E-state index contributed by atoms with van der Waals surface area (Å²) in [5.41, 5.74) is 3.30. The Morgan fingerprint density at radius 2 is 1.87 bits per heavy atom. The van der Waals surface area contributed by atoms with Crippen LogP contribution in [0, 0.1) is 5.82 Å². The molecule has 0 bridgehead atoms. The smallest absolute Gasteiger partial charge is 0.255 e. The highest BCUT2D eigenvalue weighted by atomic mass is 32.2. The Morgan fingerprint density at radius 1 is 1.10 bits per heavy atom. The topological polar surface area (TPSA) is 75.7 Å². The Bertz CT molecular complexity index is 1230. The van der Waals surface area contributed by atoms with Crippen LogP contribution in [0.4, 0.5) is 15.8 Å². The molecule has 3 aromatic carbocycles. The summed E-state index contributed by atoms with van der Waals surface area (Å²) in [5, 5.41) is 2.84. The van der Waals surface area contributed by atoms with E-state index in [4.69, 9.17) is 4.74 Å². The number of fused-ring (bicyclic) bond motifs is 1. The molecule has 0 radical (unpaired) electrons. The van der Waals surface area contributed by atoms with Crippen molar-refractivity contribution in [3.63, 3.8) is 0 Å². The van der Waals surface area contributed by atoms with Gasteiger partial charge in [-0.05, 0) is 60.0 Å². The molecule has 4 rings (SSSR count). The van der Waals surface area contributed by atoms with Crippen molar-refractivity contribution in [2.45, 2.75) is 13.0 Å². The molecule has 160 valence electrons. The number of rotatable bonds is 6. The van der Waals surface area contributed by atoms with Gasteiger partial charge in [-0.1, -0.05) is 18.2 Å². The van der Waals surface area contributed by atoms with Crippen LogP contribution in [-0.4, -0.2) is 27.1 Å². The van der Waals surface area contributed by atoms with E-state index in [2.05, 4.69) is 5.32 Å². The summed E-state index contributed by atoms with van der Waals surface area (Å²) >= 11 is 0. The molecular formula is C23H21FN2O4S. The highest BCUT2D eigenvalue weighted by Crippen LogP contribution is 2.31. The van der Waals surface area contributed by atoms with Gasteiger partial charge in [0.25, 0.3) is 5.91 Å². The van der Waals surface area contributed by atoms with Gasteiger partial charge in [0.05, 0.1) is 11.9 Å². The van der Waals surface area contributed by atoms with Gasteiger partial charge in [-0.2, -0.15) is 0 Å². The van der Waals surface area contributed by atoms with Gasteiger partial charge in [0.1, 0.15) is 18.2 Å². The largest absolute Gasteiger partial charge is 0.489 e. The maximum Gasteiger partial charge on any atom is 0.255 e. The van der Waals surface area contributed by atoms with Gasteiger partial charge in [0.15, 0.2) is 0 Å². The minimum Gasteiger partial charge on any atom is -0.489 e. The van der Waals surface area contributed by atoms with Crippen molar-refractivity contribution in [1.29, 1.82) is 0 Å². The molecule has 0 saturated carbocycles. The second kappa shape index (κ2) is 8.39. The first-order chi connectivity index (χ1) is 14.8. The Kier molecular flexibility index (Phi) is 5.65. The average molecular weight is 440 g/mol. The van der Waals surface area contributed by atoms with E-state index in [1.165, 1.54) is 22.7 Å². The lowest BCUT2D eigenvalue weighted by atomic mass is 10.1. The molecule has 1 aliphatic heterocycles. The summed E-state index contributed by atoms with van der Waals surface area (Å²) < 4.78 is 43.8. The number of nitrogens with zero attached hydrogens (tertiary/aromatic N) is 1. The average Bonchev–Trinajstić information content (AvgIpc) is 3.17. The number of benzene rings is 3. The van der Waals surface area contributed by atoms with Gasteiger partial charge >= 0.3 is 0 Å². The van der Waals surface area contributed by atoms with E-state index in [0.29, 0.717) is 35.7 Å². The molecule has 0 spiro atoms. The predicted molar refractivity (Wildman–Crippen MR) is 117 cm³/mol. The van der Waals surface area contributed by atoms with Crippen LogP contribution in [0.15, 0.2) is 66.7 Å². The highest BCUT2D eigenvalue weighted by molar-refractivity contribution is 7.92. The van der Waals surface area contributed by atoms with Crippen LogP contribution in [0.25, 0.3) is 0 Å². The number of hydrogen-bond donors (Lipinski definition) is 1. The molecule has 31 heavy (non-hydrogen) atoms. The van der Waals surface area contributed by atoms with Crippen LogP contribution in [-0.2, 0) is 23.1 Å². The molecule has 0 fully saturated rings. The summed E-state index contributed by atoms with van der Waals surface area (Å²) in [4.78, 5) is 12.7. The minimum atomic E-state index is -3.33. The fraction of sp³-hybridized carbons (Fsp3) is 0.174. The van der Waals surface area contributed by atoms with Gasteiger partial charge in [-0.3, -0.25) is 9.10 Å². The van der Waals surface area contributed by atoms with Gasteiger partial charge in [0.2, 0.25) is 10.0 Å². The zero-order valence-electron chi connectivity index (χ0n) is 16.8. The molecule has 1 heterocycles. The SMILES string of the molecule is CS(=O)(=O)N1CCc2cc(C(=O)Nc3cccc(OCc4ccc(F)cc4)c3)ccc21. The lowest BCUT2D eigenvalue weighted by Crippen LogP contribution is -2.27. The fourth-order valence-corrected chi connectivity index (χ4v) is 4.43. The molecule has 1 N–H and O–H groups in total. The summed E-state index contributed by atoms with van der Waals surface area (Å²) in [5.74, 6) is -0.0276. The van der Waals surface area contributed by atoms with Gasteiger partial charge in [-0.25, -0.2) is 12.8 Å². The number of carbonyl (C=O) groups is 1. The van der Waals surface area contributed by atoms with Crippen LogP contribution in [0.1, 0.15) is 21.5 Å².